The smallest absolute Gasteiger partial charge is 0.342 e. The van der Waals surface area contributed by atoms with Gasteiger partial charge in [0.25, 0.3) is 9.05 Å². The molecule has 7 nitrogen and oxygen atoms in total. The van der Waals surface area contributed by atoms with Crippen molar-refractivity contribution in [1.29, 1.82) is 0 Å². The van der Waals surface area contributed by atoms with Crippen molar-refractivity contribution in [3.63, 3.8) is 0 Å². The van der Waals surface area contributed by atoms with Gasteiger partial charge in [0.15, 0.2) is 4.90 Å². The molecule has 0 bridgehead atoms. The van der Waals surface area contributed by atoms with Crippen molar-refractivity contribution in [2.24, 2.45) is 0 Å². The van der Waals surface area contributed by atoms with E-state index in [1.165, 1.54) is 0 Å². The van der Waals surface area contributed by atoms with Gasteiger partial charge in [0, 0.05) is 10.7 Å². The van der Waals surface area contributed by atoms with Crippen LogP contribution in [0.5, 0.6) is 0 Å². The first kappa shape index (κ1) is 12.4. The van der Waals surface area contributed by atoms with Crippen LogP contribution in [0.2, 0.25) is 0 Å². The number of halogens is 1. The Hall–Kier alpha value is -1.67. The summed E-state index contributed by atoms with van der Waals surface area (Å²) in [5, 5.41) is 19.3. The molecule has 86 valence electrons. The molecule has 0 saturated carbocycles. The van der Waals surface area contributed by atoms with E-state index < -0.39 is 36.1 Å². The van der Waals surface area contributed by atoms with Gasteiger partial charge in [-0.25, -0.2) is 13.2 Å². The molecule has 0 aliphatic carbocycles. The Bertz CT molecular complexity index is 566. The zero-order valence-corrected chi connectivity index (χ0v) is 9.03. The normalized spacial score (nSPS) is 11.1. The molecule has 1 rings (SSSR count). The van der Waals surface area contributed by atoms with E-state index in [-0.39, 0.29) is 0 Å². The minimum atomic E-state index is -4.37. The van der Waals surface area contributed by atoms with E-state index in [2.05, 4.69) is 0 Å². The summed E-state index contributed by atoms with van der Waals surface area (Å²) < 4.78 is 22.0. The fourth-order valence-electron chi connectivity index (χ4n) is 1.08. The molecule has 0 radical (unpaired) electrons. The predicted molar refractivity (Wildman–Crippen MR) is 53.1 cm³/mol. The molecule has 0 aromatic heterocycles. The van der Waals surface area contributed by atoms with Crippen LogP contribution in [0.15, 0.2) is 23.1 Å². The number of carboxylic acid groups (broad SMARTS) is 1. The van der Waals surface area contributed by atoms with E-state index in [1.807, 2.05) is 0 Å². The number of benzene rings is 1. The molecule has 1 aromatic carbocycles. The lowest BCUT2D eigenvalue weighted by Gasteiger charge is -2.01. The highest BCUT2D eigenvalue weighted by Crippen LogP contribution is 2.30. The lowest BCUT2D eigenvalue weighted by molar-refractivity contribution is -0.388. The number of carbonyl (C=O) groups is 1. The monoisotopic (exact) mass is 265 g/mol. The standard InChI is InChI=1S/C7H4ClNO6S/c8-16(14,15)5-3-1-2-4(7(10)11)6(5)9(12)13/h1-3H,(H,10,11). The van der Waals surface area contributed by atoms with Crippen LogP contribution >= 0.6 is 10.7 Å². The fourth-order valence-corrected chi connectivity index (χ4v) is 2.11. The number of nitro benzene ring substituents is 1. The number of hydrogen-bond donors (Lipinski definition) is 1. The Morgan fingerprint density at radius 1 is 1.44 bits per heavy atom. The lowest BCUT2D eigenvalue weighted by Crippen LogP contribution is -2.07. The van der Waals surface area contributed by atoms with Gasteiger partial charge in [0.1, 0.15) is 5.56 Å². The van der Waals surface area contributed by atoms with Crippen LogP contribution in [0, 0.1) is 10.1 Å². The third kappa shape index (κ3) is 2.28. The Kier molecular flexibility index (Phi) is 3.15. The van der Waals surface area contributed by atoms with Gasteiger partial charge >= 0.3 is 11.7 Å². The molecular formula is C7H4ClNO6S. The molecule has 0 amide bonds. The van der Waals surface area contributed by atoms with Gasteiger partial charge in [-0.05, 0) is 12.1 Å². The van der Waals surface area contributed by atoms with Gasteiger partial charge in [-0.15, -0.1) is 0 Å². The SMILES string of the molecule is O=C(O)c1cccc(S(=O)(=O)Cl)c1[N+](=O)[O-]. The molecular weight excluding hydrogens is 262 g/mol. The van der Waals surface area contributed by atoms with Crippen molar-refractivity contribution in [3.8, 4) is 0 Å². The van der Waals surface area contributed by atoms with Crippen LogP contribution in [0.1, 0.15) is 10.4 Å². The van der Waals surface area contributed by atoms with Crippen LogP contribution in [0.4, 0.5) is 5.69 Å². The number of aromatic carboxylic acids is 1. The van der Waals surface area contributed by atoms with Crippen molar-refractivity contribution in [3.05, 3.63) is 33.9 Å². The summed E-state index contributed by atoms with van der Waals surface area (Å²) in [6.45, 7) is 0. The maximum atomic E-state index is 11.0. The van der Waals surface area contributed by atoms with E-state index >= 15 is 0 Å². The van der Waals surface area contributed by atoms with Crippen molar-refractivity contribution in [2.75, 3.05) is 0 Å². The van der Waals surface area contributed by atoms with Crippen molar-refractivity contribution < 1.29 is 23.2 Å². The van der Waals surface area contributed by atoms with E-state index in [4.69, 9.17) is 15.8 Å². The average Bonchev–Trinajstić information content (AvgIpc) is 2.14. The quantitative estimate of drug-likeness (QED) is 0.499. The summed E-state index contributed by atoms with van der Waals surface area (Å²) in [6, 6.07) is 2.85. The van der Waals surface area contributed by atoms with E-state index in [9.17, 15) is 23.3 Å². The number of carboxylic acids is 1. The molecule has 9 heteroatoms. The van der Waals surface area contributed by atoms with Crippen LogP contribution in [-0.4, -0.2) is 24.4 Å². The summed E-state index contributed by atoms with van der Waals surface area (Å²) in [6.07, 6.45) is 0. The Morgan fingerprint density at radius 3 is 2.38 bits per heavy atom. The first-order valence-corrected chi connectivity index (χ1v) is 6.01. The Labute approximate surface area is 93.8 Å². The van der Waals surface area contributed by atoms with E-state index in [1.54, 1.807) is 0 Å². The molecule has 0 saturated heterocycles. The molecule has 0 heterocycles. The summed E-state index contributed by atoms with van der Waals surface area (Å²) in [4.78, 5) is 19.3. The zero-order chi connectivity index (χ0) is 12.5. The molecule has 0 spiro atoms. The molecule has 0 aliphatic heterocycles. The van der Waals surface area contributed by atoms with Gasteiger partial charge in [-0.1, -0.05) is 6.07 Å². The van der Waals surface area contributed by atoms with Gasteiger partial charge in [0.2, 0.25) is 0 Å². The zero-order valence-electron chi connectivity index (χ0n) is 7.45. The number of para-hydroxylation sites is 1. The second kappa shape index (κ2) is 4.06. The molecule has 0 fully saturated rings. The predicted octanol–water partition coefficient (Wildman–Crippen LogP) is 1.22. The van der Waals surface area contributed by atoms with Crippen LogP contribution < -0.4 is 0 Å². The highest BCUT2D eigenvalue weighted by molar-refractivity contribution is 8.13. The number of rotatable bonds is 3. The molecule has 16 heavy (non-hydrogen) atoms. The molecule has 0 aliphatic rings. The second-order valence-electron chi connectivity index (χ2n) is 2.65. The van der Waals surface area contributed by atoms with Crippen molar-refractivity contribution in [1.82, 2.24) is 0 Å². The van der Waals surface area contributed by atoms with Gasteiger partial charge in [0.05, 0.1) is 4.92 Å². The van der Waals surface area contributed by atoms with Gasteiger partial charge in [-0.2, -0.15) is 0 Å². The first-order chi connectivity index (χ1) is 7.25. The van der Waals surface area contributed by atoms with Gasteiger partial charge in [-0.3, -0.25) is 10.1 Å². The van der Waals surface area contributed by atoms with Gasteiger partial charge < -0.3 is 5.11 Å². The first-order valence-electron chi connectivity index (χ1n) is 3.70. The van der Waals surface area contributed by atoms with Crippen molar-refractivity contribution >= 4 is 31.4 Å². The number of nitro groups is 1. The van der Waals surface area contributed by atoms with Crippen LogP contribution in [0.3, 0.4) is 0 Å². The third-order valence-corrected chi connectivity index (χ3v) is 3.03. The second-order valence-corrected chi connectivity index (χ2v) is 5.19. The van der Waals surface area contributed by atoms with Crippen LogP contribution in [-0.2, 0) is 9.05 Å². The number of hydrogen-bond acceptors (Lipinski definition) is 5. The maximum Gasteiger partial charge on any atom is 0.342 e. The highest BCUT2D eigenvalue weighted by atomic mass is 35.7. The van der Waals surface area contributed by atoms with E-state index in [0.717, 1.165) is 18.2 Å². The Morgan fingerprint density at radius 2 is 2.00 bits per heavy atom. The fraction of sp³-hybridized carbons (Fsp3) is 0. The lowest BCUT2D eigenvalue weighted by atomic mass is 10.2. The summed E-state index contributed by atoms with van der Waals surface area (Å²) in [5.74, 6) is -1.60. The maximum absolute atomic E-state index is 11.0. The minimum Gasteiger partial charge on any atom is -0.477 e. The summed E-state index contributed by atoms with van der Waals surface area (Å²) in [5.41, 5.74) is -1.77. The Balaban J connectivity index is 3.72. The molecule has 0 unspecified atom stereocenters. The van der Waals surface area contributed by atoms with Crippen molar-refractivity contribution in [2.45, 2.75) is 4.90 Å². The number of nitrogens with zero attached hydrogens (tertiary/aromatic N) is 1. The highest BCUT2D eigenvalue weighted by Gasteiger charge is 2.30. The largest absolute Gasteiger partial charge is 0.477 e. The average molecular weight is 266 g/mol. The van der Waals surface area contributed by atoms with Crippen LogP contribution in [0.25, 0.3) is 0 Å². The summed E-state index contributed by atoms with van der Waals surface area (Å²) in [7, 11) is 0.592. The molecule has 1 N–H and O–H groups in total. The molecule has 1 aromatic rings. The van der Waals surface area contributed by atoms with E-state index in [0.29, 0.717) is 0 Å². The minimum absolute atomic E-state index is 0.730. The topological polar surface area (TPSA) is 115 Å². The third-order valence-electron chi connectivity index (χ3n) is 1.67. The molecule has 0 atom stereocenters. The summed E-state index contributed by atoms with van der Waals surface area (Å²) >= 11 is 0.